The number of benzene rings is 1. The molecule has 3 nitrogen and oxygen atoms in total. The number of nitrogens with zero attached hydrogens (tertiary/aromatic N) is 2. The Hall–Kier alpha value is -1.04. The first-order valence-electron chi connectivity index (χ1n) is 6.42. The highest BCUT2D eigenvalue weighted by atomic mass is 19.1. The molecule has 1 aliphatic rings. The van der Waals surface area contributed by atoms with Gasteiger partial charge in [-0.3, -0.25) is 4.90 Å². The van der Waals surface area contributed by atoms with Gasteiger partial charge in [-0.25, -0.2) is 8.78 Å². The van der Waals surface area contributed by atoms with E-state index in [1.54, 1.807) is 0 Å². The normalized spacial score (nSPS) is 24.3. The summed E-state index contributed by atoms with van der Waals surface area (Å²) in [7, 11) is 3.80. The van der Waals surface area contributed by atoms with Crippen molar-refractivity contribution in [2.75, 3.05) is 33.7 Å². The number of hydrogen-bond acceptors (Lipinski definition) is 3. The molecule has 1 aromatic carbocycles. The standard InChI is InChI=1S/C14H20F2N2O/c1-17(2)9-14(19)6-7-18(10-14)8-11-12(15)4-3-5-13(11)16/h3-5,19H,6-10H2,1-2H3. The average molecular weight is 270 g/mol. The van der Waals surface area contributed by atoms with Crippen LogP contribution in [0.1, 0.15) is 12.0 Å². The SMILES string of the molecule is CN(C)CC1(O)CCN(Cc2c(F)cccc2F)C1. The molecule has 0 bridgehead atoms. The second-order valence-corrected chi connectivity index (χ2v) is 5.62. The lowest BCUT2D eigenvalue weighted by molar-refractivity contribution is 0.0238. The molecule has 5 heteroatoms. The van der Waals surface area contributed by atoms with Crippen LogP contribution in [0.3, 0.4) is 0 Å². The molecule has 0 aromatic heterocycles. The minimum absolute atomic E-state index is 0.0802. The van der Waals surface area contributed by atoms with E-state index in [0.717, 1.165) is 0 Å². The summed E-state index contributed by atoms with van der Waals surface area (Å²) in [5.41, 5.74) is -0.706. The summed E-state index contributed by atoms with van der Waals surface area (Å²) in [5.74, 6) is -1.05. The zero-order chi connectivity index (χ0) is 14.0. The fourth-order valence-corrected chi connectivity index (χ4v) is 2.70. The molecule has 2 rings (SSSR count). The summed E-state index contributed by atoms with van der Waals surface area (Å²) in [4.78, 5) is 3.82. The van der Waals surface area contributed by atoms with Gasteiger partial charge in [-0.15, -0.1) is 0 Å². The topological polar surface area (TPSA) is 26.7 Å². The summed E-state index contributed by atoms with van der Waals surface area (Å²) in [6.07, 6.45) is 0.626. The number of likely N-dealkylation sites (N-methyl/N-ethyl adjacent to an activating group) is 1. The van der Waals surface area contributed by atoms with Crippen LogP contribution in [0.2, 0.25) is 0 Å². The predicted molar refractivity (Wildman–Crippen MR) is 69.8 cm³/mol. The second kappa shape index (κ2) is 5.53. The van der Waals surface area contributed by atoms with Crippen LogP contribution in [0.15, 0.2) is 18.2 Å². The molecule has 0 saturated carbocycles. The Balaban J connectivity index is 2.02. The molecule has 1 unspecified atom stereocenters. The van der Waals surface area contributed by atoms with Gasteiger partial charge in [0, 0.05) is 31.7 Å². The molecule has 1 N–H and O–H groups in total. The Labute approximate surface area is 112 Å². The number of aliphatic hydroxyl groups is 1. The van der Waals surface area contributed by atoms with Crippen molar-refractivity contribution in [1.82, 2.24) is 9.80 Å². The third kappa shape index (κ3) is 3.49. The van der Waals surface area contributed by atoms with E-state index in [-0.39, 0.29) is 12.1 Å². The molecule has 0 spiro atoms. The molecule has 1 saturated heterocycles. The average Bonchev–Trinajstić information content (AvgIpc) is 2.64. The van der Waals surface area contributed by atoms with Gasteiger partial charge in [-0.05, 0) is 32.6 Å². The van der Waals surface area contributed by atoms with E-state index in [1.165, 1.54) is 18.2 Å². The minimum atomic E-state index is -0.786. The smallest absolute Gasteiger partial charge is 0.130 e. The maximum absolute atomic E-state index is 13.6. The highest BCUT2D eigenvalue weighted by Crippen LogP contribution is 2.25. The van der Waals surface area contributed by atoms with Crippen molar-refractivity contribution in [1.29, 1.82) is 0 Å². The van der Waals surface area contributed by atoms with Crippen molar-refractivity contribution in [3.8, 4) is 0 Å². The van der Waals surface area contributed by atoms with Crippen molar-refractivity contribution in [2.24, 2.45) is 0 Å². The van der Waals surface area contributed by atoms with Gasteiger partial charge in [0.15, 0.2) is 0 Å². The van der Waals surface area contributed by atoms with E-state index in [9.17, 15) is 13.9 Å². The predicted octanol–water partition coefficient (Wildman–Crippen LogP) is 1.46. The number of rotatable bonds is 4. The number of halogens is 2. The lowest BCUT2D eigenvalue weighted by Crippen LogP contribution is -2.42. The molecular formula is C14H20F2N2O. The summed E-state index contributed by atoms with van der Waals surface area (Å²) in [6.45, 7) is 1.86. The van der Waals surface area contributed by atoms with Gasteiger partial charge < -0.3 is 10.0 Å². The number of likely N-dealkylation sites (tertiary alicyclic amines) is 1. The highest BCUT2D eigenvalue weighted by molar-refractivity contribution is 5.19. The van der Waals surface area contributed by atoms with Crippen LogP contribution in [0.25, 0.3) is 0 Å². The molecule has 0 aliphatic carbocycles. The Kier molecular flexibility index (Phi) is 4.18. The van der Waals surface area contributed by atoms with Crippen LogP contribution < -0.4 is 0 Å². The van der Waals surface area contributed by atoms with E-state index >= 15 is 0 Å². The molecule has 1 heterocycles. The van der Waals surface area contributed by atoms with Crippen molar-refractivity contribution in [3.05, 3.63) is 35.4 Å². The zero-order valence-corrected chi connectivity index (χ0v) is 11.4. The number of hydrogen-bond donors (Lipinski definition) is 1. The molecule has 0 radical (unpaired) electrons. The van der Waals surface area contributed by atoms with Gasteiger partial charge in [0.2, 0.25) is 0 Å². The van der Waals surface area contributed by atoms with Crippen molar-refractivity contribution >= 4 is 0 Å². The minimum Gasteiger partial charge on any atom is -0.387 e. The van der Waals surface area contributed by atoms with E-state index < -0.39 is 17.2 Å². The monoisotopic (exact) mass is 270 g/mol. The Morgan fingerprint density at radius 2 is 1.95 bits per heavy atom. The lowest BCUT2D eigenvalue weighted by Gasteiger charge is -2.26. The first-order valence-corrected chi connectivity index (χ1v) is 6.42. The van der Waals surface area contributed by atoms with Crippen LogP contribution in [-0.4, -0.2) is 54.2 Å². The molecule has 1 atom stereocenters. The third-order valence-corrected chi connectivity index (χ3v) is 3.47. The van der Waals surface area contributed by atoms with Crippen molar-refractivity contribution in [3.63, 3.8) is 0 Å². The maximum Gasteiger partial charge on any atom is 0.130 e. The molecule has 19 heavy (non-hydrogen) atoms. The van der Waals surface area contributed by atoms with Gasteiger partial charge in [-0.2, -0.15) is 0 Å². The quantitative estimate of drug-likeness (QED) is 0.897. The first-order chi connectivity index (χ1) is 8.89. The fourth-order valence-electron chi connectivity index (χ4n) is 2.70. The summed E-state index contributed by atoms with van der Waals surface area (Å²) >= 11 is 0. The van der Waals surface area contributed by atoms with Crippen LogP contribution in [0.4, 0.5) is 8.78 Å². The van der Waals surface area contributed by atoms with Crippen LogP contribution in [0, 0.1) is 11.6 Å². The van der Waals surface area contributed by atoms with Gasteiger partial charge in [0.25, 0.3) is 0 Å². The van der Waals surface area contributed by atoms with Crippen LogP contribution in [-0.2, 0) is 6.54 Å². The van der Waals surface area contributed by atoms with Gasteiger partial charge >= 0.3 is 0 Å². The molecular weight excluding hydrogens is 250 g/mol. The lowest BCUT2D eigenvalue weighted by atomic mass is 10.0. The largest absolute Gasteiger partial charge is 0.387 e. The van der Waals surface area contributed by atoms with Gasteiger partial charge in [0.05, 0.1) is 5.60 Å². The summed E-state index contributed by atoms with van der Waals surface area (Å²) in [6, 6.07) is 3.89. The van der Waals surface area contributed by atoms with Crippen LogP contribution >= 0.6 is 0 Å². The first kappa shape index (κ1) is 14.4. The summed E-state index contributed by atoms with van der Waals surface area (Å²) in [5, 5.41) is 10.4. The molecule has 1 fully saturated rings. The van der Waals surface area contributed by atoms with Crippen molar-refractivity contribution in [2.45, 2.75) is 18.6 Å². The number of β-amino-alcohol motifs (C(OH)–C–C–N with tert-alkyl or cyclic N) is 1. The fraction of sp³-hybridized carbons (Fsp3) is 0.571. The zero-order valence-electron chi connectivity index (χ0n) is 11.4. The van der Waals surface area contributed by atoms with E-state index in [0.29, 0.717) is 26.1 Å². The Bertz CT molecular complexity index is 433. The van der Waals surface area contributed by atoms with Gasteiger partial charge in [0.1, 0.15) is 11.6 Å². The molecule has 106 valence electrons. The summed E-state index contributed by atoms with van der Waals surface area (Å²) < 4.78 is 27.1. The second-order valence-electron chi connectivity index (χ2n) is 5.62. The van der Waals surface area contributed by atoms with E-state index in [4.69, 9.17) is 0 Å². The van der Waals surface area contributed by atoms with Crippen LogP contribution in [0.5, 0.6) is 0 Å². The third-order valence-electron chi connectivity index (χ3n) is 3.47. The van der Waals surface area contributed by atoms with E-state index in [2.05, 4.69) is 0 Å². The maximum atomic E-state index is 13.6. The van der Waals surface area contributed by atoms with Crippen molar-refractivity contribution < 1.29 is 13.9 Å². The Morgan fingerprint density at radius 3 is 2.53 bits per heavy atom. The van der Waals surface area contributed by atoms with E-state index in [1.807, 2.05) is 23.9 Å². The molecule has 1 aliphatic heterocycles. The molecule has 1 aromatic rings. The van der Waals surface area contributed by atoms with Gasteiger partial charge in [-0.1, -0.05) is 6.07 Å². The highest BCUT2D eigenvalue weighted by Gasteiger charge is 2.36. The molecule has 0 amide bonds. The Morgan fingerprint density at radius 1 is 1.32 bits per heavy atom.